The van der Waals surface area contributed by atoms with E-state index in [0.29, 0.717) is 10.6 Å². The lowest BCUT2D eigenvalue weighted by molar-refractivity contribution is 0.0587. The van der Waals surface area contributed by atoms with Crippen LogP contribution in [0.25, 0.3) is 11.1 Å². The van der Waals surface area contributed by atoms with Crippen molar-refractivity contribution in [1.29, 1.82) is 0 Å². The largest absolute Gasteiger partial charge is 0.465 e. The van der Waals surface area contributed by atoms with E-state index in [1.54, 1.807) is 0 Å². The first-order valence-corrected chi connectivity index (χ1v) is 11.2. The Morgan fingerprint density at radius 3 is 2.12 bits per heavy atom. The van der Waals surface area contributed by atoms with E-state index in [4.69, 9.17) is 26.4 Å². The Labute approximate surface area is 205 Å². The minimum atomic E-state index is -0.615. The Morgan fingerprint density at radius 2 is 1.50 bits per heavy atom. The molecule has 0 unspecified atom stereocenters. The highest BCUT2D eigenvalue weighted by atomic mass is 32.1. The van der Waals surface area contributed by atoms with Crippen LogP contribution in [0.15, 0.2) is 48.5 Å². The second-order valence-electron chi connectivity index (χ2n) is 6.92. The van der Waals surface area contributed by atoms with Gasteiger partial charge in [0.25, 0.3) is 0 Å². The topological polar surface area (TPSA) is 103 Å². The van der Waals surface area contributed by atoms with Crippen LogP contribution < -0.4 is 10.6 Å². The summed E-state index contributed by atoms with van der Waals surface area (Å²) < 4.78 is 14.6. The molecule has 2 N–H and O–H groups in total. The number of benzene rings is 2. The minimum Gasteiger partial charge on any atom is -0.465 e. The number of esters is 3. The highest BCUT2D eigenvalue weighted by molar-refractivity contribution is 7.80. The Bertz CT molecular complexity index is 1250. The summed E-state index contributed by atoms with van der Waals surface area (Å²) in [5.74, 6) is -1.71. The highest BCUT2D eigenvalue weighted by Crippen LogP contribution is 2.40. The number of aryl methyl sites for hydroxylation is 1. The Morgan fingerprint density at radius 1 is 0.853 bits per heavy atom. The second kappa shape index (κ2) is 10.9. The van der Waals surface area contributed by atoms with Crippen molar-refractivity contribution in [3.63, 3.8) is 0 Å². The summed E-state index contributed by atoms with van der Waals surface area (Å²) >= 11 is 6.79. The van der Waals surface area contributed by atoms with Crippen LogP contribution in [0.5, 0.6) is 0 Å². The predicted molar refractivity (Wildman–Crippen MR) is 135 cm³/mol. The van der Waals surface area contributed by atoms with Gasteiger partial charge in [-0.05, 0) is 42.9 Å². The van der Waals surface area contributed by atoms with Gasteiger partial charge >= 0.3 is 17.9 Å². The first-order chi connectivity index (χ1) is 16.3. The lowest BCUT2D eigenvalue weighted by Crippen LogP contribution is -2.22. The van der Waals surface area contributed by atoms with Crippen molar-refractivity contribution in [1.82, 2.24) is 0 Å². The second-order valence-corrected chi connectivity index (χ2v) is 8.55. The van der Waals surface area contributed by atoms with Crippen molar-refractivity contribution >= 4 is 57.3 Å². The SMILES string of the molecule is COC(=O)c1ccc(C(=O)OC)c(NC(=S)Nc2sc(C)c(-c3ccccc3)c2C(=O)OC)c1. The van der Waals surface area contributed by atoms with Crippen molar-refractivity contribution in [2.24, 2.45) is 0 Å². The number of thiocarbonyl (C=S) groups is 1. The number of nitrogens with one attached hydrogen (secondary N) is 2. The summed E-state index contributed by atoms with van der Waals surface area (Å²) in [5.41, 5.74) is 2.57. The molecule has 3 rings (SSSR count). The van der Waals surface area contributed by atoms with Crippen LogP contribution in [0.3, 0.4) is 0 Å². The molecule has 8 nitrogen and oxygen atoms in total. The summed E-state index contributed by atoms with van der Waals surface area (Å²) in [6.45, 7) is 1.90. The van der Waals surface area contributed by atoms with Gasteiger partial charge < -0.3 is 24.8 Å². The molecule has 0 aliphatic carbocycles. The average Bonchev–Trinajstić information content (AvgIpc) is 3.17. The molecule has 3 aromatic rings. The fourth-order valence-electron chi connectivity index (χ4n) is 3.32. The molecule has 0 aliphatic heterocycles. The predicted octanol–water partition coefficient (Wildman–Crippen LogP) is 4.89. The van der Waals surface area contributed by atoms with Crippen molar-refractivity contribution in [2.45, 2.75) is 6.92 Å². The van der Waals surface area contributed by atoms with E-state index in [9.17, 15) is 14.4 Å². The van der Waals surface area contributed by atoms with Gasteiger partial charge in [-0.3, -0.25) is 0 Å². The van der Waals surface area contributed by atoms with E-state index in [0.717, 1.165) is 16.0 Å². The van der Waals surface area contributed by atoms with Gasteiger partial charge in [-0.15, -0.1) is 11.3 Å². The summed E-state index contributed by atoms with van der Waals surface area (Å²) in [6, 6.07) is 13.8. The molecule has 1 aromatic heterocycles. The maximum atomic E-state index is 12.7. The van der Waals surface area contributed by atoms with Crippen molar-refractivity contribution in [2.75, 3.05) is 32.0 Å². The normalized spacial score (nSPS) is 10.2. The number of anilines is 2. The van der Waals surface area contributed by atoms with Gasteiger partial charge in [0.15, 0.2) is 5.11 Å². The number of thiophene rings is 1. The maximum Gasteiger partial charge on any atom is 0.341 e. The fourth-order valence-corrected chi connectivity index (χ4v) is 4.66. The number of hydrogen-bond acceptors (Lipinski definition) is 8. The van der Waals surface area contributed by atoms with E-state index in [1.807, 2.05) is 37.3 Å². The smallest absolute Gasteiger partial charge is 0.341 e. The molecule has 0 atom stereocenters. The first-order valence-electron chi connectivity index (χ1n) is 9.96. The fraction of sp³-hybridized carbons (Fsp3) is 0.167. The lowest BCUT2D eigenvalue weighted by atomic mass is 10.0. The van der Waals surface area contributed by atoms with Gasteiger partial charge in [0.05, 0.1) is 38.1 Å². The molecule has 10 heteroatoms. The molecular weight excluding hydrogens is 476 g/mol. The Hall–Kier alpha value is -3.76. The highest BCUT2D eigenvalue weighted by Gasteiger charge is 2.25. The third kappa shape index (κ3) is 5.24. The van der Waals surface area contributed by atoms with Gasteiger partial charge in [0, 0.05) is 10.4 Å². The number of methoxy groups -OCH3 is 3. The van der Waals surface area contributed by atoms with E-state index >= 15 is 0 Å². The quantitative estimate of drug-likeness (QED) is 0.279. The van der Waals surface area contributed by atoms with Crippen molar-refractivity contribution < 1.29 is 28.6 Å². The molecule has 2 aromatic carbocycles. The van der Waals surface area contributed by atoms with Gasteiger partial charge in [-0.25, -0.2) is 14.4 Å². The number of hydrogen-bond donors (Lipinski definition) is 2. The van der Waals surface area contributed by atoms with E-state index in [-0.39, 0.29) is 21.9 Å². The summed E-state index contributed by atoms with van der Waals surface area (Å²) in [7, 11) is 3.82. The van der Waals surface area contributed by atoms with Gasteiger partial charge in [0.2, 0.25) is 0 Å². The number of carbonyl (C=O) groups excluding carboxylic acids is 3. The minimum absolute atomic E-state index is 0.0955. The number of carbonyl (C=O) groups is 3. The van der Waals surface area contributed by atoms with Crippen LogP contribution in [-0.4, -0.2) is 44.3 Å². The molecule has 0 saturated carbocycles. The molecular formula is C24H22N2O6S2. The zero-order valence-corrected chi connectivity index (χ0v) is 20.5. The first kappa shape index (κ1) is 24.9. The van der Waals surface area contributed by atoms with Gasteiger partial charge in [-0.1, -0.05) is 30.3 Å². The molecule has 176 valence electrons. The maximum absolute atomic E-state index is 12.7. The van der Waals surface area contributed by atoms with E-state index in [1.165, 1.54) is 50.9 Å². The van der Waals surface area contributed by atoms with Crippen LogP contribution in [0.1, 0.15) is 36.0 Å². The average molecular weight is 499 g/mol. The molecule has 1 heterocycles. The third-order valence-corrected chi connectivity index (χ3v) is 6.08. The molecule has 0 saturated heterocycles. The third-order valence-electron chi connectivity index (χ3n) is 4.86. The summed E-state index contributed by atoms with van der Waals surface area (Å²) in [4.78, 5) is 37.7. The standard InChI is InChI=1S/C24H22N2O6S2/c1-13-18(14-8-6-5-7-9-14)19(23(29)32-4)20(34-13)26-24(33)25-17-12-15(21(27)30-2)10-11-16(17)22(28)31-3/h5-12H,1-4H3,(H2,25,26,33). The zero-order valence-electron chi connectivity index (χ0n) is 18.9. The van der Waals surface area contributed by atoms with E-state index < -0.39 is 17.9 Å². The lowest BCUT2D eigenvalue weighted by Gasteiger charge is -2.14. The monoisotopic (exact) mass is 498 g/mol. The molecule has 0 amide bonds. The van der Waals surface area contributed by atoms with Crippen LogP contribution in [0.4, 0.5) is 10.7 Å². The van der Waals surface area contributed by atoms with Gasteiger partial charge in [-0.2, -0.15) is 0 Å². The number of ether oxygens (including phenoxy) is 3. The summed E-state index contributed by atoms with van der Waals surface area (Å²) in [6.07, 6.45) is 0. The van der Waals surface area contributed by atoms with Crippen molar-refractivity contribution in [3.05, 3.63) is 70.1 Å². The molecule has 0 radical (unpaired) electrons. The molecule has 0 aliphatic rings. The summed E-state index contributed by atoms with van der Waals surface area (Å²) in [5, 5.41) is 6.51. The number of rotatable bonds is 6. The van der Waals surface area contributed by atoms with Crippen LogP contribution >= 0.6 is 23.6 Å². The van der Waals surface area contributed by atoms with Gasteiger partial charge in [0.1, 0.15) is 10.6 Å². The van der Waals surface area contributed by atoms with Crippen molar-refractivity contribution in [3.8, 4) is 11.1 Å². The van der Waals surface area contributed by atoms with E-state index in [2.05, 4.69) is 10.6 Å². The Kier molecular flexibility index (Phi) is 7.98. The van der Waals surface area contributed by atoms with Crippen LogP contribution in [-0.2, 0) is 14.2 Å². The molecule has 0 bridgehead atoms. The molecule has 0 fully saturated rings. The zero-order chi connectivity index (χ0) is 24.8. The molecule has 0 spiro atoms. The molecule has 34 heavy (non-hydrogen) atoms. The van der Waals surface area contributed by atoms with Crippen LogP contribution in [0, 0.1) is 6.92 Å². The Balaban J connectivity index is 1.97. The van der Waals surface area contributed by atoms with Crippen LogP contribution in [0.2, 0.25) is 0 Å².